The molecule has 0 nitrogen and oxygen atoms in total. The molecule has 0 radical (unpaired) electrons. The quantitative estimate of drug-likeness (QED) is 0.376. The molecule has 2 fully saturated rings. The summed E-state index contributed by atoms with van der Waals surface area (Å²) in [7, 11) is 0. The average Bonchev–Trinajstić information content (AvgIpc) is 3.58. The molecule has 7 rings (SSSR count). The van der Waals surface area contributed by atoms with E-state index in [4.69, 9.17) is 0 Å². The van der Waals surface area contributed by atoms with Crippen LogP contribution in [0.3, 0.4) is 0 Å². The Bertz CT molecular complexity index is 1180. The van der Waals surface area contributed by atoms with Crippen LogP contribution in [0.4, 0.5) is 0 Å². The van der Waals surface area contributed by atoms with Gasteiger partial charge < -0.3 is 0 Å². The molecule has 1 saturated carbocycles. The van der Waals surface area contributed by atoms with Crippen LogP contribution in [0.15, 0.2) is 89.7 Å². The fraction of sp³-hybridized carbons (Fsp3) is 0.286. The van der Waals surface area contributed by atoms with Gasteiger partial charge in [-0.2, -0.15) is 0 Å². The normalized spacial score (nSPS) is 35.1. The number of rotatable bonds is 2. The van der Waals surface area contributed by atoms with Gasteiger partial charge in [-0.05, 0) is 63.8 Å². The van der Waals surface area contributed by atoms with E-state index in [1.165, 1.54) is 22.4 Å². The fourth-order valence-electron chi connectivity index (χ4n) is 6.63. The number of benzene rings is 1. The maximum Gasteiger partial charge on any atom is 0.0346 e. The van der Waals surface area contributed by atoms with E-state index >= 15 is 0 Å². The maximum atomic E-state index is 2.62. The Morgan fingerprint density at radius 1 is 0.806 bits per heavy atom. The summed E-state index contributed by atoms with van der Waals surface area (Å²) < 4.78 is 0. The summed E-state index contributed by atoms with van der Waals surface area (Å²) in [5.74, 6) is 3.29. The Hall–Kier alpha value is -1.81. The predicted molar refractivity (Wildman–Crippen MR) is 136 cm³/mol. The van der Waals surface area contributed by atoms with Crippen molar-refractivity contribution in [2.45, 2.75) is 28.8 Å². The van der Waals surface area contributed by atoms with Gasteiger partial charge in [-0.1, -0.05) is 66.8 Å². The molecular weight excluding hydrogens is 433 g/mol. The van der Waals surface area contributed by atoms with Crippen LogP contribution in [0.5, 0.6) is 0 Å². The largest absolute Gasteiger partial charge is 0.150 e. The van der Waals surface area contributed by atoms with Gasteiger partial charge >= 0.3 is 0 Å². The van der Waals surface area contributed by atoms with Crippen LogP contribution in [0.1, 0.15) is 39.1 Å². The van der Waals surface area contributed by atoms with Gasteiger partial charge in [0.1, 0.15) is 0 Å². The van der Waals surface area contributed by atoms with Crippen molar-refractivity contribution in [1.82, 2.24) is 0 Å². The van der Waals surface area contributed by atoms with Crippen LogP contribution in [0.2, 0.25) is 0 Å². The number of thioether (sulfide) groups is 1. The summed E-state index contributed by atoms with van der Waals surface area (Å²) in [6.07, 6.45) is 13.6. The van der Waals surface area contributed by atoms with Crippen molar-refractivity contribution in [3.63, 3.8) is 0 Å². The monoisotopic (exact) mass is 456 g/mol. The summed E-state index contributed by atoms with van der Waals surface area (Å²) in [5, 5.41) is 5.78. The zero-order valence-corrected chi connectivity index (χ0v) is 19.6. The zero-order chi connectivity index (χ0) is 20.4. The SMILES string of the molecule is C1=CC2C(c3cccs3)CC3SC4C=C(c5cccs5)c5ccccc5C4C3C2C=C1. The molecular formula is C28H24S3. The van der Waals surface area contributed by atoms with Crippen LogP contribution in [0.25, 0.3) is 5.57 Å². The number of hydrogen-bond donors (Lipinski definition) is 0. The van der Waals surface area contributed by atoms with Crippen LogP contribution >= 0.6 is 34.4 Å². The standard InChI is InChI=1S/C28H24S3/c1-3-9-19-17(7-1)21(23-11-5-13-29-23)15-25-27(19)28-20-10-4-2-8-18(20)22(16-26(28)31-25)24-12-6-14-30-24/h1-15,18,20,22,25-28H,16H2. The van der Waals surface area contributed by atoms with Crippen molar-refractivity contribution in [3.05, 3.63) is 111 Å². The minimum Gasteiger partial charge on any atom is -0.150 e. The molecule has 2 aromatic heterocycles. The van der Waals surface area contributed by atoms with Gasteiger partial charge in [-0.15, -0.1) is 34.4 Å². The molecule has 0 amide bonds. The highest BCUT2D eigenvalue weighted by atomic mass is 32.2. The topological polar surface area (TPSA) is 0 Å². The smallest absolute Gasteiger partial charge is 0.0346 e. The first-order chi connectivity index (χ1) is 15.4. The predicted octanol–water partition coefficient (Wildman–Crippen LogP) is 7.98. The van der Waals surface area contributed by atoms with Gasteiger partial charge in [0.2, 0.25) is 0 Å². The Morgan fingerprint density at radius 3 is 2.48 bits per heavy atom. The summed E-state index contributed by atoms with van der Waals surface area (Å²) in [6.45, 7) is 0. The van der Waals surface area contributed by atoms with Crippen LogP contribution in [-0.4, -0.2) is 10.5 Å². The highest BCUT2D eigenvalue weighted by Crippen LogP contribution is 2.64. The van der Waals surface area contributed by atoms with Crippen molar-refractivity contribution in [2.24, 2.45) is 17.8 Å². The Kier molecular flexibility index (Phi) is 4.45. The molecule has 1 aromatic carbocycles. The highest BCUT2D eigenvalue weighted by molar-refractivity contribution is 8.01. The van der Waals surface area contributed by atoms with E-state index in [0.717, 1.165) is 11.2 Å². The van der Waals surface area contributed by atoms with Crippen molar-refractivity contribution >= 4 is 40.0 Å². The van der Waals surface area contributed by atoms with Crippen LogP contribution in [-0.2, 0) is 0 Å². The van der Waals surface area contributed by atoms with E-state index in [9.17, 15) is 0 Å². The Balaban J connectivity index is 1.35. The fourth-order valence-corrected chi connectivity index (χ4v) is 10.3. The molecule has 3 aromatic rings. The van der Waals surface area contributed by atoms with E-state index in [0.29, 0.717) is 28.9 Å². The molecule has 3 aliphatic carbocycles. The van der Waals surface area contributed by atoms with Crippen LogP contribution < -0.4 is 0 Å². The molecule has 7 atom stereocenters. The lowest BCUT2D eigenvalue weighted by atomic mass is 9.59. The van der Waals surface area contributed by atoms with Crippen LogP contribution in [0, 0.1) is 17.8 Å². The Morgan fingerprint density at radius 2 is 1.65 bits per heavy atom. The van der Waals surface area contributed by atoms with E-state index in [2.05, 4.69) is 101 Å². The summed E-state index contributed by atoms with van der Waals surface area (Å²) in [4.78, 5) is 3.00. The van der Waals surface area contributed by atoms with E-state index < -0.39 is 0 Å². The molecule has 0 bridgehead atoms. The molecule has 0 N–H and O–H groups in total. The first kappa shape index (κ1) is 18.7. The first-order valence-corrected chi connectivity index (χ1v) is 14.0. The lowest BCUT2D eigenvalue weighted by molar-refractivity contribution is 0.192. The minimum atomic E-state index is 0.587. The second-order valence-electron chi connectivity index (χ2n) is 9.17. The van der Waals surface area contributed by atoms with E-state index in [-0.39, 0.29) is 0 Å². The van der Waals surface area contributed by atoms with Gasteiger partial charge in [0.15, 0.2) is 0 Å². The number of allylic oxidation sites excluding steroid dienone is 4. The van der Waals surface area contributed by atoms with E-state index in [1.807, 2.05) is 22.7 Å². The van der Waals surface area contributed by atoms with Crippen molar-refractivity contribution < 1.29 is 0 Å². The molecule has 31 heavy (non-hydrogen) atoms. The van der Waals surface area contributed by atoms with Gasteiger partial charge in [0.05, 0.1) is 0 Å². The summed E-state index contributed by atoms with van der Waals surface area (Å²) >= 11 is 6.10. The lowest BCUT2D eigenvalue weighted by Crippen LogP contribution is -2.40. The second-order valence-corrected chi connectivity index (χ2v) is 12.5. The molecule has 3 heterocycles. The third-order valence-corrected chi connectivity index (χ3v) is 11.3. The molecule has 1 aliphatic heterocycles. The molecule has 4 aliphatic rings. The second kappa shape index (κ2) is 7.37. The Labute approximate surface area is 196 Å². The van der Waals surface area contributed by atoms with Crippen molar-refractivity contribution in [2.75, 3.05) is 0 Å². The zero-order valence-electron chi connectivity index (χ0n) is 17.1. The minimum absolute atomic E-state index is 0.587. The molecule has 7 unspecified atom stereocenters. The number of fused-ring (bicyclic) bond motifs is 7. The third-order valence-electron chi connectivity index (χ3n) is 7.78. The molecule has 3 heteroatoms. The number of thiophene rings is 2. The van der Waals surface area contributed by atoms with Gasteiger partial charge in [0.25, 0.3) is 0 Å². The maximum absolute atomic E-state index is 2.62. The first-order valence-electron chi connectivity index (χ1n) is 11.3. The lowest BCUT2D eigenvalue weighted by Gasteiger charge is -2.45. The van der Waals surface area contributed by atoms with Crippen molar-refractivity contribution in [3.8, 4) is 0 Å². The molecule has 1 saturated heterocycles. The van der Waals surface area contributed by atoms with E-state index in [1.54, 1.807) is 10.4 Å². The summed E-state index contributed by atoms with van der Waals surface area (Å²) in [5.41, 5.74) is 4.53. The average molecular weight is 457 g/mol. The molecule has 154 valence electrons. The van der Waals surface area contributed by atoms with Gasteiger partial charge in [-0.25, -0.2) is 0 Å². The summed E-state index contributed by atoms with van der Waals surface area (Å²) in [6, 6.07) is 18.4. The van der Waals surface area contributed by atoms with Gasteiger partial charge in [-0.3, -0.25) is 0 Å². The number of hydrogen-bond acceptors (Lipinski definition) is 3. The highest BCUT2D eigenvalue weighted by Gasteiger charge is 2.55. The molecule has 0 spiro atoms. The van der Waals surface area contributed by atoms with Crippen molar-refractivity contribution in [1.29, 1.82) is 0 Å². The third kappa shape index (κ3) is 2.86. The van der Waals surface area contributed by atoms with Gasteiger partial charge in [0, 0.05) is 32.1 Å².